The molecule has 0 spiro atoms. The van der Waals surface area contributed by atoms with E-state index in [-0.39, 0.29) is 12.5 Å². The minimum Gasteiger partial charge on any atom is -0.396 e. The smallest absolute Gasteiger partial charge is 0.220 e. The van der Waals surface area contributed by atoms with E-state index in [0.29, 0.717) is 13.0 Å². The summed E-state index contributed by atoms with van der Waals surface area (Å²) >= 11 is 9.39. The first-order valence-corrected chi connectivity index (χ1v) is 9.08. The van der Waals surface area contributed by atoms with Gasteiger partial charge in [-0.05, 0) is 24.3 Å². The van der Waals surface area contributed by atoms with Crippen LogP contribution in [0.15, 0.2) is 29.2 Å². The Kier molecular flexibility index (Phi) is 10.0. The number of rotatable bonds is 10. The van der Waals surface area contributed by atoms with E-state index in [1.807, 2.05) is 24.3 Å². The number of hydrogen-bond donors (Lipinski definition) is 2. The molecule has 0 aliphatic heterocycles. The first kappa shape index (κ1) is 17.7. The summed E-state index contributed by atoms with van der Waals surface area (Å²) < 4.78 is 0. The number of carbonyl (C=O) groups excluding carboxylic acids is 1. The fourth-order valence-corrected chi connectivity index (χ4v) is 3.41. The Morgan fingerprint density at radius 3 is 2.80 bits per heavy atom. The Bertz CT molecular complexity index is 405. The summed E-state index contributed by atoms with van der Waals surface area (Å²) in [6.07, 6.45) is 1.31. The van der Waals surface area contributed by atoms with E-state index in [9.17, 15) is 4.79 Å². The molecule has 0 aliphatic rings. The van der Waals surface area contributed by atoms with Crippen LogP contribution in [-0.4, -0.2) is 41.4 Å². The normalized spacial score (nSPS) is 10.5. The highest BCUT2D eigenvalue weighted by molar-refractivity contribution is 7.99. The van der Waals surface area contributed by atoms with Gasteiger partial charge in [-0.2, -0.15) is 11.8 Å². The first-order valence-electron chi connectivity index (χ1n) is 6.56. The Morgan fingerprint density at radius 1 is 1.25 bits per heavy atom. The number of benzene rings is 1. The van der Waals surface area contributed by atoms with E-state index >= 15 is 0 Å². The molecule has 1 rings (SSSR count). The number of aliphatic hydroxyl groups excluding tert-OH is 1. The van der Waals surface area contributed by atoms with E-state index < -0.39 is 0 Å². The summed E-state index contributed by atoms with van der Waals surface area (Å²) in [6, 6.07) is 7.65. The van der Waals surface area contributed by atoms with Gasteiger partial charge in [-0.25, -0.2) is 0 Å². The van der Waals surface area contributed by atoms with Crippen LogP contribution in [-0.2, 0) is 4.79 Å². The standard InChI is InChI=1S/C14H20ClNO2S2/c15-12-4-1-2-5-13(12)20-10-6-14(18)16-7-11-19-9-3-8-17/h1-2,4-5,17H,3,6-11H2,(H,16,18). The van der Waals surface area contributed by atoms with Gasteiger partial charge in [0.05, 0.1) is 5.02 Å². The molecule has 0 atom stereocenters. The van der Waals surface area contributed by atoms with Crippen LogP contribution < -0.4 is 5.32 Å². The molecule has 0 unspecified atom stereocenters. The molecular weight excluding hydrogens is 314 g/mol. The summed E-state index contributed by atoms with van der Waals surface area (Å²) in [6.45, 7) is 0.921. The fraction of sp³-hybridized carbons (Fsp3) is 0.500. The average Bonchev–Trinajstić information content (AvgIpc) is 2.45. The molecule has 0 radical (unpaired) electrons. The molecule has 112 valence electrons. The predicted molar refractivity (Wildman–Crippen MR) is 88.8 cm³/mol. The average molecular weight is 334 g/mol. The molecular formula is C14H20ClNO2S2. The minimum atomic E-state index is 0.0762. The Morgan fingerprint density at radius 2 is 2.05 bits per heavy atom. The number of aliphatic hydroxyl groups is 1. The number of hydrogen-bond acceptors (Lipinski definition) is 4. The van der Waals surface area contributed by atoms with Crippen LogP contribution in [0.2, 0.25) is 5.02 Å². The summed E-state index contributed by atoms with van der Waals surface area (Å²) in [5.41, 5.74) is 0. The number of carbonyl (C=O) groups is 1. The monoisotopic (exact) mass is 333 g/mol. The van der Waals surface area contributed by atoms with Gasteiger partial charge in [-0.3, -0.25) is 4.79 Å². The molecule has 0 aliphatic carbocycles. The van der Waals surface area contributed by atoms with E-state index in [4.69, 9.17) is 16.7 Å². The van der Waals surface area contributed by atoms with Crippen molar-refractivity contribution in [1.82, 2.24) is 5.32 Å². The number of nitrogens with one attached hydrogen (secondary N) is 1. The van der Waals surface area contributed by atoms with Gasteiger partial charge < -0.3 is 10.4 Å². The van der Waals surface area contributed by atoms with Gasteiger partial charge in [0.25, 0.3) is 0 Å². The van der Waals surface area contributed by atoms with Gasteiger partial charge in [0.2, 0.25) is 5.91 Å². The molecule has 6 heteroatoms. The van der Waals surface area contributed by atoms with Crippen molar-refractivity contribution < 1.29 is 9.90 Å². The summed E-state index contributed by atoms with van der Waals surface area (Å²) in [5, 5.41) is 12.3. The first-order chi connectivity index (χ1) is 9.74. The van der Waals surface area contributed by atoms with Gasteiger partial charge in [0.1, 0.15) is 0 Å². The van der Waals surface area contributed by atoms with Crippen molar-refractivity contribution in [2.45, 2.75) is 17.7 Å². The topological polar surface area (TPSA) is 49.3 Å². The minimum absolute atomic E-state index is 0.0762. The third-order valence-corrected chi connectivity index (χ3v) is 5.03. The zero-order chi connectivity index (χ0) is 14.6. The maximum absolute atomic E-state index is 11.6. The molecule has 0 aromatic heterocycles. The maximum atomic E-state index is 11.6. The molecule has 0 saturated heterocycles. The highest BCUT2D eigenvalue weighted by Gasteiger charge is 2.03. The van der Waals surface area contributed by atoms with Crippen molar-refractivity contribution in [3.8, 4) is 0 Å². The van der Waals surface area contributed by atoms with Crippen molar-refractivity contribution in [2.75, 3.05) is 30.4 Å². The Balaban J connectivity index is 2.04. The van der Waals surface area contributed by atoms with Crippen LogP contribution in [0.25, 0.3) is 0 Å². The maximum Gasteiger partial charge on any atom is 0.220 e. The lowest BCUT2D eigenvalue weighted by Crippen LogP contribution is -2.26. The highest BCUT2D eigenvalue weighted by atomic mass is 35.5. The zero-order valence-electron chi connectivity index (χ0n) is 11.3. The van der Waals surface area contributed by atoms with Crippen molar-refractivity contribution in [1.29, 1.82) is 0 Å². The van der Waals surface area contributed by atoms with Crippen LogP contribution in [0.5, 0.6) is 0 Å². The van der Waals surface area contributed by atoms with Gasteiger partial charge in [0, 0.05) is 36.0 Å². The van der Waals surface area contributed by atoms with Crippen LogP contribution in [0.4, 0.5) is 0 Å². The molecule has 1 aromatic rings. The van der Waals surface area contributed by atoms with Crippen LogP contribution >= 0.6 is 35.1 Å². The third kappa shape index (κ3) is 8.04. The molecule has 1 amide bonds. The molecule has 1 aromatic carbocycles. The second kappa shape index (κ2) is 11.3. The lowest BCUT2D eigenvalue weighted by Gasteiger charge is -2.06. The second-order valence-electron chi connectivity index (χ2n) is 4.07. The van der Waals surface area contributed by atoms with Gasteiger partial charge in [-0.15, -0.1) is 11.8 Å². The molecule has 3 nitrogen and oxygen atoms in total. The van der Waals surface area contributed by atoms with Crippen molar-refractivity contribution in [2.24, 2.45) is 0 Å². The van der Waals surface area contributed by atoms with Crippen molar-refractivity contribution in [3.05, 3.63) is 29.3 Å². The van der Waals surface area contributed by atoms with Gasteiger partial charge >= 0.3 is 0 Å². The van der Waals surface area contributed by atoms with Gasteiger partial charge in [0.15, 0.2) is 0 Å². The lowest BCUT2D eigenvalue weighted by molar-refractivity contribution is -0.120. The van der Waals surface area contributed by atoms with E-state index in [1.54, 1.807) is 23.5 Å². The van der Waals surface area contributed by atoms with E-state index in [1.165, 1.54) is 0 Å². The molecule has 0 bridgehead atoms. The molecule has 0 heterocycles. The predicted octanol–water partition coefficient (Wildman–Crippen LogP) is 3.05. The lowest BCUT2D eigenvalue weighted by atomic mass is 10.4. The molecule has 0 saturated carbocycles. The van der Waals surface area contributed by atoms with E-state index in [2.05, 4.69) is 5.32 Å². The van der Waals surface area contributed by atoms with Gasteiger partial charge in [-0.1, -0.05) is 23.7 Å². The number of amides is 1. The number of halogens is 1. The SMILES string of the molecule is O=C(CCSc1ccccc1Cl)NCCSCCCO. The van der Waals surface area contributed by atoms with Crippen molar-refractivity contribution >= 4 is 41.0 Å². The number of thioether (sulfide) groups is 2. The Hall–Kier alpha value is -0.360. The summed E-state index contributed by atoms with van der Waals surface area (Å²) in [5.74, 6) is 2.64. The van der Waals surface area contributed by atoms with Crippen LogP contribution in [0.3, 0.4) is 0 Å². The highest BCUT2D eigenvalue weighted by Crippen LogP contribution is 2.26. The van der Waals surface area contributed by atoms with Crippen LogP contribution in [0.1, 0.15) is 12.8 Å². The fourth-order valence-electron chi connectivity index (χ4n) is 1.44. The largest absolute Gasteiger partial charge is 0.396 e. The molecule has 0 fully saturated rings. The Labute approximate surface area is 133 Å². The second-order valence-corrected chi connectivity index (χ2v) is 6.84. The third-order valence-electron chi connectivity index (χ3n) is 2.44. The molecule has 2 N–H and O–H groups in total. The summed E-state index contributed by atoms with van der Waals surface area (Å²) in [4.78, 5) is 12.6. The van der Waals surface area contributed by atoms with Crippen molar-refractivity contribution in [3.63, 3.8) is 0 Å². The zero-order valence-corrected chi connectivity index (χ0v) is 13.7. The molecule has 20 heavy (non-hydrogen) atoms. The quantitative estimate of drug-likeness (QED) is 0.510. The van der Waals surface area contributed by atoms with Crippen LogP contribution in [0, 0.1) is 0 Å². The van der Waals surface area contributed by atoms with E-state index in [0.717, 1.165) is 33.6 Å². The summed E-state index contributed by atoms with van der Waals surface area (Å²) in [7, 11) is 0.